The summed E-state index contributed by atoms with van der Waals surface area (Å²) in [5.41, 5.74) is -0.655. The van der Waals surface area contributed by atoms with E-state index in [4.69, 9.17) is 5.11 Å². The van der Waals surface area contributed by atoms with Crippen LogP contribution in [0.1, 0.15) is 47.1 Å². The zero-order valence-electron chi connectivity index (χ0n) is 13.7. The number of anilines is 1. The molecular weight excluding hydrogens is 355 g/mol. The van der Waals surface area contributed by atoms with Crippen LogP contribution in [-0.2, 0) is 24.6 Å². The quantitative estimate of drug-likeness (QED) is 0.811. The van der Waals surface area contributed by atoms with E-state index in [0.717, 1.165) is 23.6 Å². The number of aromatic nitrogens is 4. The maximum Gasteiger partial charge on any atom is 0.435 e. The number of aromatic carboxylic acids is 1. The van der Waals surface area contributed by atoms with E-state index in [1.54, 1.807) is 0 Å². The van der Waals surface area contributed by atoms with Gasteiger partial charge in [0.25, 0.3) is 0 Å². The molecular formula is C15H16F3N5O3. The zero-order valence-corrected chi connectivity index (χ0v) is 13.7. The zero-order chi connectivity index (χ0) is 19.1. The molecule has 11 heteroatoms. The summed E-state index contributed by atoms with van der Waals surface area (Å²) in [6.45, 7) is -0.0313. The Kier molecular flexibility index (Phi) is 4.46. The largest absolute Gasteiger partial charge is 0.476 e. The van der Waals surface area contributed by atoms with Gasteiger partial charge in [0.05, 0.1) is 11.9 Å². The molecule has 2 aromatic heterocycles. The average molecular weight is 371 g/mol. The molecule has 0 radical (unpaired) electrons. The highest BCUT2D eigenvalue weighted by molar-refractivity contribution is 5.99. The smallest absolute Gasteiger partial charge is 0.435 e. The third-order valence-corrected chi connectivity index (χ3v) is 4.06. The van der Waals surface area contributed by atoms with Crippen LogP contribution in [0, 0.1) is 0 Å². The van der Waals surface area contributed by atoms with Crippen molar-refractivity contribution >= 4 is 17.6 Å². The Morgan fingerprint density at radius 1 is 1.38 bits per heavy atom. The molecule has 140 valence electrons. The van der Waals surface area contributed by atoms with E-state index in [9.17, 15) is 22.8 Å². The molecule has 1 saturated carbocycles. The van der Waals surface area contributed by atoms with Gasteiger partial charge in [-0.15, -0.1) is 0 Å². The van der Waals surface area contributed by atoms with E-state index >= 15 is 0 Å². The van der Waals surface area contributed by atoms with Crippen molar-refractivity contribution in [1.82, 2.24) is 19.6 Å². The molecule has 1 aliphatic carbocycles. The van der Waals surface area contributed by atoms with Gasteiger partial charge in [0.15, 0.2) is 11.4 Å². The van der Waals surface area contributed by atoms with Crippen LogP contribution in [0.25, 0.3) is 0 Å². The average Bonchev–Trinajstić information content (AvgIpc) is 3.17. The van der Waals surface area contributed by atoms with Crippen molar-refractivity contribution in [2.45, 2.75) is 37.9 Å². The molecule has 2 heterocycles. The van der Waals surface area contributed by atoms with E-state index in [-0.39, 0.29) is 30.3 Å². The van der Waals surface area contributed by atoms with Crippen LogP contribution >= 0.6 is 0 Å². The van der Waals surface area contributed by atoms with Crippen LogP contribution in [0.15, 0.2) is 12.3 Å². The standard InChI is InChI=1S/C15H16F3N5O3/c1-22-13(14(25)26)9(7-19-22)20-12(24)4-5-23-10(8-2-3-8)6-11(21-23)15(16,17)18/h6-8H,2-5H2,1H3,(H,20,24)(H,25,26). The number of halogens is 3. The van der Waals surface area contributed by atoms with Crippen molar-refractivity contribution in [1.29, 1.82) is 0 Å². The number of carbonyl (C=O) groups is 2. The number of carboxylic acids is 1. The molecule has 3 rings (SSSR count). The van der Waals surface area contributed by atoms with Gasteiger partial charge in [0, 0.05) is 31.6 Å². The number of nitrogens with zero attached hydrogens (tertiary/aromatic N) is 4. The highest BCUT2D eigenvalue weighted by Gasteiger charge is 2.37. The van der Waals surface area contributed by atoms with E-state index in [2.05, 4.69) is 15.5 Å². The van der Waals surface area contributed by atoms with Crippen LogP contribution in [-0.4, -0.2) is 36.5 Å². The number of rotatable bonds is 6. The minimum atomic E-state index is -4.54. The summed E-state index contributed by atoms with van der Waals surface area (Å²) in [6.07, 6.45) is -1.89. The normalized spacial score (nSPS) is 14.5. The lowest BCUT2D eigenvalue weighted by Gasteiger charge is -2.08. The van der Waals surface area contributed by atoms with Crippen LogP contribution in [0.5, 0.6) is 0 Å². The van der Waals surface area contributed by atoms with E-state index in [1.165, 1.54) is 17.9 Å². The van der Waals surface area contributed by atoms with Crippen LogP contribution in [0.4, 0.5) is 18.9 Å². The van der Waals surface area contributed by atoms with Crippen molar-refractivity contribution in [2.24, 2.45) is 7.05 Å². The third-order valence-electron chi connectivity index (χ3n) is 4.06. The minimum absolute atomic E-state index is 0.0313. The van der Waals surface area contributed by atoms with Crippen LogP contribution in [0.2, 0.25) is 0 Å². The molecule has 8 nitrogen and oxygen atoms in total. The molecule has 0 aliphatic heterocycles. The van der Waals surface area contributed by atoms with Gasteiger partial charge in [-0.3, -0.25) is 14.2 Å². The van der Waals surface area contributed by atoms with Gasteiger partial charge in [0.2, 0.25) is 5.91 Å². The van der Waals surface area contributed by atoms with Gasteiger partial charge >= 0.3 is 12.1 Å². The fourth-order valence-electron chi connectivity index (χ4n) is 2.66. The van der Waals surface area contributed by atoms with E-state index in [0.29, 0.717) is 5.69 Å². The fourth-order valence-corrected chi connectivity index (χ4v) is 2.66. The third kappa shape index (κ3) is 3.70. The Hall–Kier alpha value is -2.85. The fraction of sp³-hybridized carbons (Fsp3) is 0.467. The molecule has 0 saturated heterocycles. The van der Waals surface area contributed by atoms with Gasteiger partial charge in [-0.2, -0.15) is 23.4 Å². The number of hydrogen-bond donors (Lipinski definition) is 2. The summed E-state index contributed by atoms with van der Waals surface area (Å²) in [5, 5.41) is 18.9. The lowest BCUT2D eigenvalue weighted by atomic mass is 10.2. The molecule has 26 heavy (non-hydrogen) atoms. The Labute approximate surface area is 145 Å². The first kappa shape index (κ1) is 18.0. The van der Waals surface area contributed by atoms with Crippen molar-refractivity contribution < 1.29 is 27.9 Å². The lowest BCUT2D eigenvalue weighted by molar-refractivity contribution is -0.141. The molecule has 2 N–H and O–H groups in total. The lowest BCUT2D eigenvalue weighted by Crippen LogP contribution is -2.18. The second-order valence-electron chi connectivity index (χ2n) is 6.08. The highest BCUT2D eigenvalue weighted by Crippen LogP contribution is 2.42. The molecule has 0 atom stereocenters. The Bertz CT molecular complexity index is 851. The van der Waals surface area contributed by atoms with Crippen molar-refractivity contribution in [3.63, 3.8) is 0 Å². The summed E-state index contributed by atoms with van der Waals surface area (Å²) in [7, 11) is 1.42. The topological polar surface area (TPSA) is 102 Å². The Morgan fingerprint density at radius 3 is 2.65 bits per heavy atom. The monoisotopic (exact) mass is 371 g/mol. The van der Waals surface area contributed by atoms with Crippen molar-refractivity contribution in [3.8, 4) is 0 Å². The first-order valence-electron chi connectivity index (χ1n) is 7.87. The van der Waals surface area contributed by atoms with Crippen LogP contribution in [0.3, 0.4) is 0 Å². The summed E-state index contributed by atoms with van der Waals surface area (Å²) in [6, 6.07) is 1.03. The first-order chi connectivity index (χ1) is 12.2. The van der Waals surface area contributed by atoms with Gasteiger partial charge in [-0.1, -0.05) is 0 Å². The predicted octanol–water partition coefficient (Wildman–Crippen LogP) is 2.24. The van der Waals surface area contributed by atoms with Gasteiger partial charge in [-0.25, -0.2) is 4.79 Å². The summed E-state index contributed by atoms with van der Waals surface area (Å²) < 4.78 is 40.9. The minimum Gasteiger partial charge on any atom is -0.476 e. The number of carbonyl (C=O) groups excluding carboxylic acids is 1. The summed E-state index contributed by atoms with van der Waals surface area (Å²) in [4.78, 5) is 23.2. The Balaban J connectivity index is 1.68. The molecule has 0 aromatic carbocycles. The first-order valence-corrected chi connectivity index (χ1v) is 7.87. The Morgan fingerprint density at radius 2 is 2.08 bits per heavy atom. The molecule has 1 aliphatic rings. The number of alkyl halides is 3. The summed E-state index contributed by atoms with van der Waals surface area (Å²) in [5.74, 6) is -1.75. The van der Waals surface area contributed by atoms with Gasteiger partial charge < -0.3 is 10.4 Å². The molecule has 0 bridgehead atoms. The van der Waals surface area contributed by atoms with Gasteiger partial charge in [-0.05, 0) is 18.9 Å². The molecule has 2 aromatic rings. The van der Waals surface area contributed by atoms with E-state index < -0.39 is 23.7 Å². The number of carboxylic acid groups (broad SMARTS) is 1. The molecule has 1 fully saturated rings. The molecule has 0 unspecified atom stereocenters. The van der Waals surface area contributed by atoms with E-state index in [1.807, 2.05) is 0 Å². The number of nitrogens with one attached hydrogen (secondary N) is 1. The second-order valence-corrected chi connectivity index (χ2v) is 6.08. The second kappa shape index (κ2) is 6.46. The molecule has 0 spiro atoms. The number of amides is 1. The highest BCUT2D eigenvalue weighted by atomic mass is 19.4. The molecule has 1 amide bonds. The van der Waals surface area contributed by atoms with Crippen LogP contribution < -0.4 is 5.32 Å². The maximum atomic E-state index is 12.9. The van der Waals surface area contributed by atoms with Gasteiger partial charge in [0.1, 0.15) is 0 Å². The van der Waals surface area contributed by atoms with Crippen molar-refractivity contribution in [3.05, 3.63) is 29.3 Å². The SMILES string of the molecule is Cn1ncc(NC(=O)CCn2nc(C(F)(F)F)cc2C2CC2)c1C(=O)O. The van der Waals surface area contributed by atoms with Crippen molar-refractivity contribution in [2.75, 3.05) is 5.32 Å². The predicted molar refractivity (Wildman–Crippen MR) is 82.6 cm³/mol. The summed E-state index contributed by atoms with van der Waals surface area (Å²) >= 11 is 0. The maximum absolute atomic E-state index is 12.9. The number of hydrogen-bond acceptors (Lipinski definition) is 4. The number of aryl methyl sites for hydroxylation is 2.